The Balaban J connectivity index is 1.83. The van der Waals surface area contributed by atoms with E-state index in [9.17, 15) is 0 Å². The Bertz CT molecular complexity index is 567. The minimum absolute atomic E-state index is 0.152. The van der Waals surface area contributed by atoms with E-state index in [-0.39, 0.29) is 6.04 Å². The molecule has 3 rings (SSSR count). The molecule has 1 atom stereocenters. The first-order valence-corrected chi connectivity index (χ1v) is 7.33. The summed E-state index contributed by atoms with van der Waals surface area (Å²) in [5.74, 6) is 0.939. The third kappa shape index (κ3) is 2.61. The predicted molar refractivity (Wildman–Crippen MR) is 78.8 cm³/mol. The quantitative estimate of drug-likeness (QED) is 0.944. The molecule has 0 radical (unpaired) electrons. The summed E-state index contributed by atoms with van der Waals surface area (Å²) in [7, 11) is 0. The van der Waals surface area contributed by atoms with E-state index in [1.54, 1.807) is 0 Å². The van der Waals surface area contributed by atoms with Crippen LogP contribution in [0.15, 0.2) is 45.5 Å². The van der Waals surface area contributed by atoms with Gasteiger partial charge in [-0.25, -0.2) is 0 Å². The highest BCUT2D eigenvalue weighted by Crippen LogP contribution is 2.29. The van der Waals surface area contributed by atoms with E-state index in [1.165, 1.54) is 11.1 Å². The summed E-state index contributed by atoms with van der Waals surface area (Å²) in [5, 5.41) is 0. The van der Waals surface area contributed by atoms with Gasteiger partial charge in [-0.2, -0.15) is 0 Å². The molecule has 0 amide bonds. The van der Waals surface area contributed by atoms with Crippen LogP contribution in [0.4, 0.5) is 0 Å². The molecular weight excluding hydrogens is 304 g/mol. The summed E-state index contributed by atoms with van der Waals surface area (Å²) in [6.45, 7) is 2.54. The molecule has 2 aromatic rings. The van der Waals surface area contributed by atoms with Gasteiger partial charge in [0.2, 0.25) is 0 Å². The third-order valence-electron chi connectivity index (χ3n) is 3.75. The number of furan rings is 1. The van der Waals surface area contributed by atoms with Gasteiger partial charge in [-0.05, 0) is 45.6 Å². The Hall–Kier alpha value is -1.10. The van der Waals surface area contributed by atoms with Crippen LogP contribution in [0.3, 0.4) is 0 Å². The molecule has 1 aliphatic rings. The zero-order valence-corrected chi connectivity index (χ0v) is 12.3. The molecule has 0 fully saturated rings. The molecule has 0 saturated carbocycles. The first-order valence-electron chi connectivity index (χ1n) is 6.54. The van der Waals surface area contributed by atoms with Crippen LogP contribution in [0.25, 0.3) is 0 Å². The fourth-order valence-corrected chi connectivity index (χ4v) is 3.06. The van der Waals surface area contributed by atoms with Crippen LogP contribution in [0, 0.1) is 0 Å². The Morgan fingerprint density at radius 1 is 1.21 bits per heavy atom. The number of hydrogen-bond acceptors (Lipinski definition) is 3. The predicted octanol–water partition coefficient (Wildman–Crippen LogP) is 3.10. The van der Waals surface area contributed by atoms with E-state index in [0.717, 1.165) is 29.9 Å². The minimum Gasteiger partial charge on any atom is -0.453 e. The highest BCUT2D eigenvalue weighted by atomic mass is 79.9. The summed E-state index contributed by atoms with van der Waals surface area (Å²) in [6.07, 6.45) is 1.08. The first-order chi connectivity index (χ1) is 9.28. The third-order valence-corrected chi connectivity index (χ3v) is 4.17. The lowest BCUT2D eigenvalue weighted by atomic mass is 9.98. The van der Waals surface area contributed by atoms with Crippen molar-refractivity contribution in [3.63, 3.8) is 0 Å². The molecule has 2 heterocycles. The van der Waals surface area contributed by atoms with E-state index in [1.807, 2.05) is 12.1 Å². The molecule has 0 aliphatic carbocycles. The minimum atomic E-state index is 0.152. The maximum atomic E-state index is 5.95. The number of halogens is 1. The maximum absolute atomic E-state index is 5.95. The molecule has 2 N–H and O–H groups in total. The Morgan fingerprint density at radius 3 is 2.68 bits per heavy atom. The molecule has 19 heavy (non-hydrogen) atoms. The average Bonchev–Trinajstić information content (AvgIpc) is 2.86. The summed E-state index contributed by atoms with van der Waals surface area (Å²) < 4.78 is 6.44. The number of nitrogens with zero attached hydrogens (tertiary/aromatic N) is 1. The number of fused-ring (bicyclic) bond motifs is 1. The zero-order valence-electron chi connectivity index (χ0n) is 10.7. The number of hydrogen-bond donors (Lipinski definition) is 1. The standard InChI is InChI=1S/C15H17BrN2O/c16-15-6-5-14(19-15)13(9-17)18-8-7-11-3-1-2-4-12(11)10-18/h1-6,13H,7-10,17H2. The fraction of sp³-hybridized carbons (Fsp3) is 0.333. The van der Waals surface area contributed by atoms with Crippen molar-refractivity contribution < 1.29 is 4.42 Å². The van der Waals surface area contributed by atoms with Crippen molar-refractivity contribution in [3.8, 4) is 0 Å². The Kier molecular flexibility index (Phi) is 3.73. The zero-order chi connectivity index (χ0) is 13.2. The van der Waals surface area contributed by atoms with Gasteiger partial charge in [-0.3, -0.25) is 4.90 Å². The average molecular weight is 321 g/mol. The highest BCUT2D eigenvalue weighted by Gasteiger charge is 2.25. The van der Waals surface area contributed by atoms with Crippen molar-refractivity contribution in [3.05, 3.63) is 58.0 Å². The lowest BCUT2D eigenvalue weighted by Crippen LogP contribution is -2.37. The maximum Gasteiger partial charge on any atom is 0.169 e. The molecule has 3 nitrogen and oxygen atoms in total. The summed E-state index contributed by atoms with van der Waals surface area (Å²) in [6, 6.07) is 12.7. The molecule has 100 valence electrons. The SMILES string of the molecule is NCC(c1ccc(Br)o1)N1CCc2ccccc2C1. The molecule has 1 aromatic heterocycles. The van der Waals surface area contributed by atoms with Crippen LogP contribution in [0.5, 0.6) is 0 Å². The molecule has 4 heteroatoms. The molecular formula is C15H17BrN2O. The monoisotopic (exact) mass is 320 g/mol. The summed E-state index contributed by atoms with van der Waals surface area (Å²) in [5.41, 5.74) is 8.80. The molecule has 1 aromatic carbocycles. The van der Waals surface area contributed by atoms with Crippen molar-refractivity contribution in [2.75, 3.05) is 13.1 Å². The van der Waals surface area contributed by atoms with E-state index >= 15 is 0 Å². The second kappa shape index (κ2) is 5.49. The number of rotatable bonds is 3. The van der Waals surface area contributed by atoms with Gasteiger partial charge < -0.3 is 10.2 Å². The van der Waals surface area contributed by atoms with Crippen LogP contribution < -0.4 is 5.73 Å². The second-order valence-electron chi connectivity index (χ2n) is 4.88. The molecule has 0 bridgehead atoms. The van der Waals surface area contributed by atoms with Crippen LogP contribution >= 0.6 is 15.9 Å². The van der Waals surface area contributed by atoms with Gasteiger partial charge in [0, 0.05) is 19.6 Å². The topological polar surface area (TPSA) is 42.4 Å². The van der Waals surface area contributed by atoms with Gasteiger partial charge in [0.15, 0.2) is 4.67 Å². The smallest absolute Gasteiger partial charge is 0.169 e. The van der Waals surface area contributed by atoms with Crippen LogP contribution in [0.1, 0.15) is 22.9 Å². The van der Waals surface area contributed by atoms with Gasteiger partial charge in [0.25, 0.3) is 0 Å². The Labute approximate surface area is 121 Å². The Morgan fingerprint density at radius 2 is 2.00 bits per heavy atom. The van der Waals surface area contributed by atoms with Crippen LogP contribution in [-0.4, -0.2) is 18.0 Å². The largest absolute Gasteiger partial charge is 0.453 e. The van der Waals surface area contributed by atoms with Gasteiger partial charge in [-0.15, -0.1) is 0 Å². The van der Waals surface area contributed by atoms with E-state index in [0.29, 0.717) is 6.54 Å². The van der Waals surface area contributed by atoms with Crippen molar-refractivity contribution in [2.45, 2.75) is 19.0 Å². The van der Waals surface area contributed by atoms with E-state index < -0.39 is 0 Å². The summed E-state index contributed by atoms with van der Waals surface area (Å²) >= 11 is 3.35. The van der Waals surface area contributed by atoms with Crippen molar-refractivity contribution in [1.29, 1.82) is 0 Å². The van der Waals surface area contributed by atoms with Crippen molar-refractivity contribution >= 4 is 15.9 Å². The van der Waals surface area contributed by atoms with Crippen molar-refractivity contribution in [2.24, 2.45) is 5.73 Å². The lowest BCUT2D eigenvalue weighted by Gasteiger charge is -2.33. The van der Waals surface area contributed by atoms with E-state index in [4.69, 9.17) is 10.2 Å². The van der Waals surface area contributed by atoms with Gasteiger partial charge in [0.05, 0.1) is 6.04 Å². The summed E-state index contributed by atoms with van der Waals surface area (Å²) in [4.78, 5) is 2.40. The molecule has 1 unspecified atom stereocenters. The van der Waals surface area contributed by atoms with E-state index in [2.05, 4.69) is 45.1 Å². The number of nitrogens with two attached hydrogens (primary N) is 1. The van der Waals surface area contributed by atoms with Crippen molar-refractivity contribution in [1.82, 2.24) is 4.90 Å². The normalized spacial score (nSPS) is 17.2. The van der Waals surface area contributed by atoms with Gasteiger partial charge in [-0.1, -0.05) is 24.3 Å². The lowest BCUT2D eigenvalue weighted by molar-refractivity contribution is 0.162. The van der Waals surface area contributed by atoms with Crippen LogP contribution in [0.2, 0.25) is 0 Å². The first kappa shape index (κ1) is 12.9. The van der Waals surface area contributed by atoms with Gasteiger partial charge >= 0.3 is 0 Å². The molecule has 1 aliphatic heterocycles. The second-order valence-corrected chi connectivity index (χ2v) is 5.66. The molecule has 0 saturated heterocycles. The highest BCUT2D eigenvalue weighted by molar-refractivity contribution is 9.10. The van der Waals surface area contributed by atoms with Crippen LogP contribution in [-0.2, 0) is 13.0 Å². The fourth-order valence-electron chi connectivity index (χ4n) is 2.74. The van der Waals surface area contributed by atoms with Gasteiger partial charge in [0.1, 0.15) is 5.76 Å². The number of benzene rings is 1. The molecule has 0 spiro atoms.